The van der Waals surface area contributed by atoms with Gasteiger partial charge in [-0.05, 0) is 56.7 Å². The van der Waals surface area contributed by atoms with Gasteiger partial charge in [-0.15, -0.1) is 0 Å². The number of hydrogen-bond donors (Lipinski definition) is 0. The van der Waals surface area contributed by atoms with Crippen LogP contribution in [0.15, 0.2) is 30.8 Å². The van der Waals surface area contributed by atoms with E-state index >= 15 is 0 Å². The van der Waals surface area contributed by atoms with Gasteiger partial charge < -0.3 is 19.6 Å². The molecule has 206 valence electrons. The molecule has 1 unspecified atom stereocenters. The quantitative estimate of drug-likeness (QED) is 0.463. The van der Waals surface area contributed by atoms with Gasteiger partial charge in [-0.2, -0.15) is 9.61 Å². The number of fused-ring (bicyclic) bond motifs is 4. The first-order valence-corrected chi connectivity index (χ1v) is 14.2. The first-order valence-electron chi connectivity index (χ1n) is 14.2. The number of aromatic nitrogens is 3. The number of hydrogen-bond acceptors (Lipinski definition) is 6. The Balaban J connectivity index is 1.51. The van der Waals surface area contributed by atoms with Crippen LogP contribution >= 0.6 is 0 Å². The van der Waals surface area contributed by atoms with Crippen LogP contribution in [0.2, 0.25) is 0 Å². The number of piperidine rings is 1. The summed E-state index contributed by atoms with van der Waals surface area (Å²) in [4.78, 5) is 26.8. The molecule has 0 N–H and O–H groups in total. The molecule has 1 atom stereocenters. The molecule has 5 heterocycles. The van der Waals surface area contributed by atoms with Crippen molar-refractivity contribution in [3.05, 3.63) is 59.0 Å². The monoisotopic (exact) mass is 531 g/mol. The van der Waals surface area contributed by atoms with Crippen molar-refractivity contribution in [3.63, 3.8) is 0 Å². The number of rotatable bonds is 1. The van der Waals surface area contributed by atoms with Gasteiger partial charge in [-0.1, -0.05) is 12.6 Å². The maximum Gasteiger partial charge on any atom is 0.222 e. The van der Waals surface area contributed by atoms with E-state index in [2.05, 4.69) is 41.3 Å². The second kappa shape index (κ2) is 10.2. The number of carbonyl (C=O) groups excluding carboxylic acids is 1. The van der Waals surface area contributed by atoms with Gasteiger partial charge >= 0.3 is 0 Å². The fraction of sp³-hybridized carbons (Fsp3) is 0.500. The Hall–Kier alpha value is -3.62. The van der Waals surface area contributed by atoms with Crippen molar-refractivity contribution in [1.29, 1.82) is 0 Å². The summed E-state index contributed by atoms with van der Waals surface area (Å²) in [6.45, 7) is 10.7. The average molecular weight is 532 g/mol. The van der Waals surface area contributed by atoms with Gasteiger partial charge in [-0.25, -0.2) is 9.37 Å². The molecule has 6 rings (SSSR count). The fourth-order valence-electron chi connectivity index (χ4n) is 6.24. The third-order valence-corrected chi connectivity index (χ3v) is 8.70. The topological polar surface area (TPSA) is 60.2 Å². The number of amides is 1. The van der Waals surface area contributed by atoms with Gasteiger partial charge in [0, 0.05) is 76.1 Å². The van der Waals surface area contributed by atoms with E-state index in [-0.39, 0.29) is 17.8 Å². The van der Waals surface area contributed by atoms with Gasteiger partial charge in [0.25, 0.3) is 0 Å². The number of benzene rings is 1. The van der Waals surface area contributed by atoms with Gasteiger partial charge in [0.05, 0.1) is 11.7 Å². The highest BCUT2D eigenvalue weighted by molar-refractivity contribution is 5.77. The van der Waals surface area contributed by atoms with Gasteiger partial charge in [-0.3, -0.25) is 4.79 Å². The summed E-state index contributed by atoms with van der Waals surface area (Å²) in [6, 6.07) is 7.00. The smallest absolute Gasteiger partial charge is 0.222 e. The molecule has 3 aliphatic rings. The van der Waals surface area contributed by atoms with Gasteiger partial charge in [0.2, 0.25) is 5.91 Å². The molecule has 0 aliphatic carbocycles. The predicted molar refractivity (Wildman–Crippen MR) is 153 cm³/mol. The van der Waals surface area contributed by atoms with Crippen LogP contribution in [0.1, 0.15) is 60.5 Å². The third kappa shape index (κ3) is 4.61. The van der Waals surface area contributed by atoms with Crippen molar-refractivity contribution in [2.45, 2.75) is 51.5 Å². The first kappa shape index (κ1) is 25.6. The molecule has 0 spiro atoms. The number of likely N-dealkylation sites (N-methyl/N-ethyl adjacent to an activating group) is 2. The minimum atomic E-state index is -0.292. The largest absolute Gasteiger partial charge is 0.363 e. The first-order chi connectivity index (χ1) is 18.8. The predicted octanol–water partition coefficient (Wildman–Crippen LogP) is 4.43. The number of halogens is 1. The van der Waals surface area contributed by atoms with Crippen molar-refractivity contribution >= 4 is 28.9 Å². The Morgan fingerprint density at radius 2 is 1.77 bits per heavy atom. The van der Waals surface area contributed by atoms with E-state index in [4.69, 9.17) is 10.1 Å². The van der Waals surface area contributed by atoms with E-state index in [1.54, 1.807) is 17.0 Å². The molecule has 2 aromatic heterocycles. The molecule has 0 saturated carbocycles. The number of carbonyl (C=O) groups is 1. The minimum Gasteiger partial charge on any atom is -0.363 e. The van der Waals surface area contributed by atoms with E-state index in [9.17, 15) is 9.18 Å². The Bertz CT molecular complexity index is 1430. The van der Waals surface area contributed by atoms with Crippen LogP contribution < -0.4 is 9.80 Å². The molecule has 39 heavy (non-hydrogen) atoms. The average Bonchev–Trinajstić information content (AvgIpc) is 3.32. The zero-order valence-electron chi connectivity index (χ0n) is 23.3. The van der Waals surface area contributed by atoms with Crippen molar-refractivity contribution in [2.24, 2.45) is 0 Å². The molecule has 2 fully saturated rings. The van der Waals surface area contributed by atoms with E-state index in [0.717, 1.165) is 84.3 Å². The Labute approximate surface area is 229 Å². The lowest BCUT2D eigenvalue weighted by Crippen LogP contribution is -2.39. The van der Waals surface area contributed by atoms with Crippen molar-refractivity contribution in [3.8, 4) is 0 Å². The molecule has 0 radical (unpaired) electrons. The molecule has 8 nitrogen and oxygen atoms in total. The fourth-order valence-corrected chi connectivity index (χ4v) is 6.24. The highest BCUT2D eigenvalue weighted by Crippen LogP contribution is 2.39. The van der Waals surface area contributed by atoms with Crippen LogP contribution in [0.4, 0.5) is 16.0 Å². The molecule has 1 aromatic carbocycles. The van der Waals surface area contributed by atoms with Crippen LogP contribution in [-0.4, -0.2) is 77.1 Å². The van der Waals surface area contributed by atoms with E-state index < -0.39 is 0 Å². The van der Waals surface area contributed by atoms with Gasteiger partial charge in [0.15, 0.2) is 5.65 Å². The Morgan fingerprint density at radius 3 is 2.54 bits per heavy atom. The van der Waals surface area contributed by atoms with Crippen LogP contribution in [0.25, 0.3) is 11.3 Å². The zero-order chi connectivity index (χ0) is 27.3. The van der Waals surface area contributed by atoms with Crippen LogP contribution in [0.5, 0.6) is 0 Å². The molecule has 1 amide bonds. The lowest BCUT2D eigenvalue weighted by Gasteiger charge is -2.38. The zero-order valence-corrected chi connectivity index (χ0v) is 23.3. The third-order valence-electron chi connectivity index (χ3n) is 8.70. The molecule has 3 aliphatic heterocycles. The summed E-state index contributed by atoms with van der Waals surface area (Å²) in [5, 5.41) is 5.16. The SMILES string of the molecule is C=C1c2cc(F)ccc2CCC(=O)N(C)CCN(C)c2c(C)c(N3CCC3)nc3cc(nn23)C2CCCCN12. The van der Waals surface area contributed by atoms with E-state index in [1.807, 2.05) is 11.6 Å². The highest BCUT2D eigenvalue weighted by atomic mass is 19.1. The standard InChI is InChI=1S/C30H38FN7O/c1-20-29(36-13-7-14-36)32-27-19-25-26-8-5-6-15-37(26)21(2)24-18-23(31)11-9-22(24)10-12-28(39)34(3)16-17-35(4)30(20)38(27)33-25/h9,11,18-19,26H,2,5-8,10,12-17H2,1,3-4H3. The number of aryl methyl sites for hydroxylation is 1. The second-order valence-electron chi connectivity index (χ2n) is 11.3. The summed E-state index contributed by atoms with van der Waals surface area (Å²) in [5.41, 5.74) is 5.42. The number of anilines is 2. The lowest BCUT2D eigenvalue weighted by molar-refractivity contribution is -0.129. The summed E-state index contributed by atoms with van der Waals surface area (Å²) in [6.07, 6.45) is 5.17. The summed E-state index contributed by atoms with van der Waals surface area (Å²) >= 11 is 0. The molecule has 2 saturated heterocycles. The normalized spacial score (nSPS) is 20.9. The van der Waals surface area contributed by atoms with E-state index in [0.29, 0.717) is 25.9 Å². The minimum absolute atomic E-state index is 0.0238. The maximum atomic E-state index is 14.5. The van der Waals surface area contributed by atoms with Gasteiger partial charge in [0.1, 0.15) is 17.5 Å². The summed E-state index contributed by atoms with van der Waals surface area (Å²) < 4.78 is 16.5. The molecule has 3 aromatic rings. The Kier molecular flexibility index (Phi) is 6.69. The van der Waals surface area contributed by atoms with Crippen LogP contribution in [0.3, 0.4) is 0 Å². The van der Waals surface area contributed by atoms with Crippen molar-refractivity contribution < 1.29 is 9.18 Å². The maximum absolute atomic E-state index is 14.5. The molecular formula is C30H38FN7O. The van der Waals surface area contributed by atoms with Crippen LogP contribution in [0, 0.1) is 12.7 Å². The summed E-state index contributed by atoms with van der Waals surface area (Å²) in [5.74, 6) is 1.81. The van der Waals surface area contributed by atoms with Crippen molar-refractivity contribution in [1.82, 2.24) is 24.4 Å². The molecular weight excluding hydrogens is 493 g/mol. The summed E-state index contributed by atoms with van der Waals surface area (Å²) in [7, 11) is 3.93. The highest BCUT2D eigenvalue weighted by Gasteiger charge is 2.31. The van der Waals surface area contributed by atoms with Crippen molar-refractivity contribution in [2.75, 3.05) is 56.6 Å². The Morgan fingerprint density at radius 1 is 0.974 bits per heavy atom. The van der Waals surface area contributed by atoms with E-state index in [1.165, 1.54) is 12.5 Å². The number of nitrogens with zero attached hydrogens (tertiary/aromatic N) is 7. The second-order valence-corrected chi connectivity index (χ2v) is 11.3. The lowest BCUT2D eigenvalue weighted by atomic mass is 9.94. The molecule has 9 heteroatoms. The molecule has 2 bridgehead atoms. The van der Waals surface area contributed by atoms with Crippen LogP contribution in [-0.2, 0) is 11.2 Å².